The predicted octanol–water partition coefficient (Wildman–Crippen LogP) is 13.7. The van der Waals surface area contributed by atoms with Crippen LogP contribution in [0.25, 0.3) is 0 Å². The first-order valence-corrected chi connectivity index (χ1v) is 21.7. The molecule has 0 aliphatic rings. The molecule has 0 spiro atoms. The summed E-state index contributed by atoms with van der Waals surface area (Å²) in [4.78, 5) is 37.6. The summed E-state index contributed by atoms with van der Waals surface area (Å²) in [5, 5.41) is 0. The Kier molecular flexibility index (Phi) is 39.7. The van der Waals surface area contributed by atoms with E-state index in [1.807, 2.05) is 54.7 Å². The Labute approximate surface area is 331 Å². The molecule has 0 N–H and O–H groups in total. The average Bonchev–Trinajstić information content (AvgIpc) is 3.17. The van der Waals surface area contributed by atoms with E-state index in [1.165, 1.54) is 51.4 Å². The molecule has 0 aromatic rings. The standard InChI is InChI=1S/C48H78O6/c1-4-7-10-13-16-19-22-24-27-29-32-35-38-41-47(50)53-44-45(43-52-46(49)40-37-34-31-28-25-21-18-15-12-9-6-3)54-48(51)42-39-36-33-30-26-23-20-17-14-11-8-5-2/h7-8,10-11,13,16-17,19-20,22,24,27,29,32,45H,4-6,9,12,14-15,18,21,23,25-26,28,30-31,33-44H2,1-3H3/b10-7-,11-8-,16-13-,20-17-,22-19-,27-24-,32-29-. The Balaban J connectivity index is 4.53. The van der Waals surface area contributed by atoms with E-state index in [-0.39, 0.29) is 37.5 Å². The van der Waals surface area contributed by atoms with Crippen molar-refractivity contribution >= 4 is 17.9 Å². The largest absolute Gasteiger partial charge is 0.462 e. The number of hydrogen-bond donors (Lipinski definition) is 0. The second-order valence-corrected chi connectivity index (χ2v) is 14.0. The summed E-state index contributed by atoms with van der Waals surface area (Å²) in [6.07, 6.45) is 52.9. The molecule has 54 heavy (non-hydrogen) atoms. The summed E-state index contributed by atoms with van der Waals surface area (Å²) < 4.78 is 16.6. The summed E-state index contributed by atoms with van der Waals surface area (Å²) in [5.41, 5.74) is 0. The first-order valence-electron chi connectivity index (χ1n) is 21.7. The lowest BCUT2D eigenvalue weighted by molar-refractivity contribution is -0.167. The summed E-state index contributed by atoms with van der Waals surface area (Å²) in [5.74, 6) is -1.01. The van der Waals surface area contributed by atoms with E-state index in [9.17, 15) is 14.4 Å². The van der Waals surface area contributed by atoms with Crippen molar-refractivity contribution in [1.82, 2.24) is 0 Å². The fourth-order valence-corrected chi connectivity index (χ4v) is 5.57. The molecule has 0 saturated carbocycles. The van der Waals surface area contributed by atoms with Gasteiger partial charge < -0.3 is 14.2 Å². The first kappa shape index (κ1) is 50.6. The highest BCUT2D eigenvalue weighted by Crippen LogP contribution is 2.13. The minimum atomic E-state index is -0.808. The van der Waals surface area contributed by atoms with Gasteiger partial charge in [-0.3, -0.25) is 14.4 Å². The van der Waals surface area contributed by atoms with E-state index in [4.69, 9.17) is 14.2 Å². The minimum Gasteiger partial charge on any atom is -0.462 e. The highest BCUT2D eigenvalue weighted by Gasteiger charge is 2.19. The van der Waals surface area contributed by atoms with Crippen LogP contribution in [0.1, 0.15) is 181 Å². The maximum Gasteiger partial charge on any atom is 0.306 e. The molecule has 0 aromatic carbocycles. The average molecular weight is 751 g/mol. The zero-order valence-corrected chi connectivity index (χ0v) is 34.7. The number of allylic oxidation sites excluding steroid dienone is 14. The predicted molar refractivity (Wildman–Crippen MR) is 228 cm³/mol. The van der Waals surface area contributed by atoms with Crippen molar-refractivity contribution in [3.63, 3.8) is 0 Å². The third-order valence-corrected chi connectivity index (χ3v) is 8.77. The van der Waals surface area contributed by atoms with Gasteiger partial charge in [-0.25, -0.2) is 0 Å². The van der Waals surface area contributed by atoms with E-state index in [1.54, 1.807) is 0 Å². The molecule has 0 fully saturated rings. The van der Waals surface area contributed by atoms with Crippen LogP contribution < -0.4 is 0 Å². The van der Waals surface area contributed by atoms with E-state index >= 15 is 0 Å². The highest BCUT2D eigenvalue weighted by molar-refractivity contribution is 5.71. The Morgan fingerprint density at radius 2 is 0.833 bits per heavy atom. The molecule has 0 radical (unpaired) electrons. The Hall–Kier alpha value is -3.41. The fourth-order valence-electron chi connectivity index (χ4n) is 5.57. The van der Waals surface area contributed by atoms with E-state index in [0.29, 0.717) is 19.3 Å². The lowest BCUT2D eigenvalue weighted by Crippen LogP contribution is -2.30. The number of carbonyl (C=O) groups is 3. The van der Waals surface area contributed by atoms with Crippen LogP contribution in [0.15, 0.2) is 85.1 Å². The molecule has 0 bridgehead atoms. The van der Waals surface area contributed by atoms with Gasteiger partial charge in [-0.2, -0.15) is 0 Å². The van der Waals surface area contributed by atoms with Gasteiger partial charge in [0, 0.05) is 19.3 Å². The van der Waals surface area contributed by atoms with Crippen molar-refractivity contribution in [2.45, 2.75) is 187 Å². The molecule has 0 heterocycles. The number of esters is 3. The smallest absolute Gasteiger partial charge is 0.306 e. The number of carbonyl (C=O) groups excluding carboxylic acids is 3. The number of rotatable bonds is 37. The maximum absolute atomic E-state index is 12.7. The second kappa shape index (κ2) is 42.3. The molecular weight excluding hydrogens is 673 g/mol. The summed E-state index contributed by atoms with van der Waals surface area (Å²) in [7, 11) is 0. The van der Waals surface area contributed by atoms with Crippen LogP contribution in [0.4, 0.5) is 0 Å². The fraction of sp³-hybridized carbons (Fsp3) is 0.646. The topological polar surface area (TPSA) is 78.9 Å². The Morgan fingerprint density at radius 3 is 1.39 bits per heavy atom. The molecule has 306 valence electrons. The van der Waals surface area contributed by atoms with Crippen LogP contribution in [0, 0.1) is 0 Å². The summed E-state index contributed by atoms with van der Waals surface area (Å²) >= 11 is 0. The van der Waals surface area contributed by atoms with Crippen molar-refractivity contribution in [2.75, 3.05) is 13.2 Å². The van der Waals surface area contributed by atoms with Crippen LogP contribution in [0.5, 0.6) is 0 Å². The first-order chi connectivity index (χ1) is 26.5. The third-order valence-electron chi connectivity index (χ3n) is 8.77. The third kappa shape index (κ3) is 39.8. The Bertz CT molecular complexity index is 1090. The van der Waals surface area contributed by atoms with Crippen LogP contribution in [0.2, 0.25) is 0 Å². The number of hydrogen-bond acceptors (Lipinski definition) is 6. The zero-order chi connectivity index (χ0) is 39.4. The van der Waals surface area contributed by atoms with Crippen molar-refractivity contribution in [3.8, 4) is 0 Å². The lowest BCUT2D eigenvalue weighted by Gasteiger charge is -2.18. The Morgan fingerprint density at radius 1 is 0.407 bits per heavy atom. The normalized spacial score (nSPS) is 12.9. The number of unbranched alkanes of at least 4 members (excludes halogenated alkanes) is 16. The van der Waals surface area contributed by atoms with Gasteiger partial charge in [-0.15, -0.1) is 0 Å². The molecule has 1 atom stereocenters. The molecule has 0 aromatic heterocycles. The SMILES string of the molecule is CC\C=C/C=C\C=C/C=C\C=C/CCCC(=O)OCC(COC(=O)CCCCCCCCCCCCC)OC(=O)CCCCCCC/C=C\C/C=C\CC. The molecule has 0 saturated heterocycles. The van der Waals surface area contributed by atoms with Crippen LogP contribution in [-0.4, -0.2) is 37.2 Å². The quantitative estimate of drug-likeness (QED) is 0.0207. The van der Waals surface area contributed by atoms with Gasteiger partial charge in [-0.05, 0) is 57.8 Å². The van der Waals surface area contributed by atoms with Gasteiger partial charge in [0.1, 0.15) is 13.2 Å². The molecule has 6 heteroatoms. The van der Waals surface area contributed by atoms with Crippen LogP contribution in [-0.2, 0) is 28.6 Å². The second-order valence-electron chi connectivity index (χ2n) is 14.0. The lowest BCUT2D eigenvalue weighted by atomic mass is 10.1. The highest BCUT2D eigenvalue weighted by atomic mass is 16.6. The summed E-state index contributed by atoms with van der Waals surface area (Å²) in [6, 6.07) is 0. The molecule has 1 unspecified atom stereocenters. The van der Waals surface area contributed by atoms with Crippen molar-refractivity contribution in [3.05, 3.63) is 85.1 Å². The van der Waals surface area contributed by atoms with E-state index < -0.39 is 6.10 Å². The van der Waals surface area contributed by atoms with E-state index in [0.717, 1.165) is 83.5 Å². The zero-order valence-electron chi connectivity index (χ0n) is 34.7. The monoisotopic (exact) mass is 751 g/mol. The molecule has 0 aliphatic heterocycles. The number of ether oxygens (including phenoxy) is 3. The van der Waals surface area contributed by atoms with Crippen molar-refractivity contribution in [1.29, 1.82) is 0 Å². The molecular formula is C48H78O6. The molecule has 0 amide bonds. The van der Waals surface area contributed by atoms with Gasteiger partial charge >= 0.3 is 17.9 Å². The molecule has 0 aliphatic carbocycles. The van der Waals surface area contributed by atoms with Crippen LogP contribution in [0.3, 0.4) is 0 Å². The van der Waals surface area contributed by atoms with E-state index in [2.05, 4.69) is 51.2 Å². The van der Waals surface area contributed by atoms with Gasteiger partial charge in [0.15, 0.2) is 6.10 Å². The minimum absolute atomic E-state index is 0.105. The maximum atomic E-state index is 12.7. The van der Waals surface area contributed by atoms with Gasteiger partial charge in [0.25, 0.3) is 0 Å². The summed E-state index contributed by atoms with van der Waals surface area (Å²) in [6.45, 7) is 6.27. The van der Waals surface area contributed by atoms with Crippen molar-refractivity contribution < 1.29 is 28.6 Å². The molecule has 6 nitrogen and oxygen atoms in total. The van der Waals surface area contributed by atoms with Gasteiger partial charge in [0.2, 0.25) is 0 Å². The molecule has 0 rings (SSSR count). The van der Waals surface area contributed by atoms with Crippen LogP contribution >= 0.6 is 0 Å². The van der Waals surface area contributed by atoms with Crippen molar-refractivity contribution in [2.24, 2.45) is 0 Å². The van der Waals surface area contributed by atoms with Gasteiger partial charge in [0.05, 0.1) is 0 Å². The van der Waals surface area contributed by atoms with Gasteiger partial charge in [-0.1, -0.05) is 189 Å².